The molecule has 0 aliphatic rings. The summed E-state index contributed by atoms with van der Waals surface area (Å²) in [7, 11) is 0. The van der Waals surface area contributed by atoms with E-state index >= 15 is 0 Å². The van der Waals surface area contributed by atoms with E-state index < -0.39 is 0 Å². The SMILES string of the molecule is C=CCCCCCOc1cc(Br)ccc1C(C)N. The maximum Gasteiger partial charge on any atom is 0.125 e. The zero-order chi connectivity index (χ0) is 13.4. The lowest BCUT2D eigenvalue weighted by Crippen LogP contribution is -2.08. The molecular formula is C15H22BrNO. The van der Waals surface area contributed by atoms with Crippen LogP contribution in [-0.2, 0) is 0 Å². The molecule has 0 saturated carbocycles. The van der Waals surface area contributed by atoms with Crippen LogP contribution in [0.3, 0.4) is 0 Å². The number of hydrogen-bond acceptors (Lipinski definition) is 2. The summed E-state index contributed by atoms with van der Waals surface area (Å²) in [6.07, 6.45) is 6.48. The number of rotatable bonds is 8. The number of hydrogen-bond donors (Lipinski definition) is 1. The van der Waals surface area contributed by atoms with Gasteiger partial charge in [-0.2, -0.15) is 0 Å². The van der Waals surface area contributed by atoms with Gasteiger partial charge in [0, 0.05) is 16.1 Å². The van der Waals surface area contributed by atoms with E-state index in [9.17, 15) is 0 Å². The van der Waals surface area contributed by atoms with Crippen LogP contribution in [-0.4, -0.2) is 6.61 Å². The zero-order valence-electron chi connectivity index (χ0n) is 11.0. The van der Waals surface area contributed by atoms with Crippen LogP contribution in [0.1, 0.15) is 44.2 Å². The summed E-state index contributed by atoms with van der Waals surface area (Å²) < 4.78 is 6.85. The van der Waals surface area contributed by atoms with Crippen molar-refractivity contribution < 1.29 is 4.74 Å². The van der Waals surface area contributed by atoms with Gasteiger partial charge < -0.3 is 10.5 Å². The smallest absolute Gasteiger partial charge is 0.125 e. The molecule has 0 fully saturated rings. The Morgan fingerprint density at radius 2 is 2.17 bits per heavy atom. The average molecular weight is 312 g/mol. The molecule has 0 heterocycles. The van der Waals surface area contributed by atoms with Crippen molar-refractivity contribution >= 4 is 15.9 Å². The van der Waals surface area contributed by atoms with E-state index in [-0.39, 0.29) is 6.04 Å². The summed E-state index contributed by atoms with van der Waals surface area (Å²) in [5.74, 6) is 0.892. The zero-order valence-corrected chi connectivity index (χ0v) is 12.6. The van der Waals surface area contributed by atoms with E-state index in [1.165, 1.54) is 12.8 Å². The lowest BCUT2D eigenvalue weighted by atomic mass is 10.1. The van der Waals surface area contributed by atoms with Crippen molar-refractivity contribution in [3.63, 3.8) is 0 Å². The summed E-state index contributed by atoms with van der Waals surface area (Å²) in [6, 6.07) is 5.99. The Hall–Kier alpha value is -0.800. The molecule has 1 unspecified atom stereocenters. The Bertz CT molecular complexity index is 377. The minimum atomic E-state index is -0.00568. The van der Waals surface area contributed by atoms with Crippen LogP contribution in [0.4, 0.5) is 0 Å². The van der Waals surface area contributed by atoms with Crippen molar-refractivity contribution in [2.75, 3.05) is 6.61 Å². The fraction of sp³-hybridized carbons (Fsp3) is 0.467. The van der Waals surface area contributed by atoms with Gasteiger partial charge in [-0.15, -0.1) is 6.58 Å². The Kier molecular flexibility index (Phi) is 7.06. The van der Waals surface area contributed by atoms with Gasteiger partial charge in [-0.3, -0.25) is 0 Å². The van der Waals surface area contributed by atoms with Gasteiger partial charge in [0.15, 0.2) is 0 Å². The van der Waals surface area contributed by atoms with Crippen LogP contribution in [0.15, 0.2) is 35.3 Å². The quantitative estimate of drug-likeness (QED) is 0.562. The Balaban J connectivity index is 2.45. The van der Waals surface area contributed by atoms with Crippen LogP contribution in [0.25, 0.3) is 0 Å². The number of ether oxygens (including phenoxy) is 1. The maximum absolute atomic E-state index is 5.93. The largest absolute Gasteiger partial charge is 0.493 e. The Morgan fingerprint density at radius 3 is 2.83 bits per heavy atom. The molecule has 0 aliphatic heterocycles. The van der Waals surface area contributed by atoms with Gasteiger partial charge in [0.1, 0.15) is 5.75 Å². The van der Waals surface area contributed by atoms with Gasteiger partial charge in [0.25, 0.3) is 0 Å². The lowest BCUT2D eigenvalue weighted by molar-refractivity contribution is 0.301. The molecule has 1 aromatic rings. The molecule has 18 heavy (non-hydrogen) atoms. The van der Waals surface area contributed by atoms with Crippen molar-refractivity contribution in [3.8, 4) is 5.75 Å². The molecule has 1 atom stereocenters. The number of halogens is 1. The third kappa shape index (κ3) is 5.23. The molecule has 0 aliphatic carbocycles. The van der Waals surface area contributed by atoms with E-state index in [1.54, 1.807) is 0 Å². The summed E-state index contributed by atoms with van der Waals surface area (Å²) >= 11 is 3.46. The lowest BCUT2D eigenvalue weighted by Gasteiger charge is -2.14. The van der Waals surface area contributed by atoms with Crippen LogP contribution in [0.5, 0.6) is 5.75 Å². The number of benzene rings is 1. The van der Waals surface area contributed by atoms with Crippen molar-refractivity contribution in [2.45, 2.75) is 38.6 Å². The van der Waals surface area contributed by atoms with Gasteiger partial charge in [0.05, 0.1) is 6.61 Å². The molecule has 0 spiro atoms. The van der Waals surface area contributed by atoms with E-state index in [2.05, 4.69) is 22.5 Å². The molecular weight excluding hydrogens is 290 g/mol. The second-order valence-corrected chi connectivity index (χ2v) is 5.37. The van der Waals surface area contributed by atoms with Gasteiger partial charge in [-0.25, -0.2) is 0 Å². The number of nitrogens with two attached hydrogens (primary N) is 1. The highest BCUT2D eigenvalue weighted by atomic mass is 79.9. The fourth-order valence-electron chi connectivity index (χ4n) is 1.76. The predicted molar refractivity (Wildman–Crippen MR) is 80.9 cm³/mol. The van der Waals surface area contributed by atoms with Crippen LogP contribution >= 0.6 is 15.9 Å². The first-order valence-corrected chi connectivity index (χ1v) is 7.23. The Morgan fingerprint density at radius 1 is 1.39 bits per heavy atom. The van der Waals surface area contributed by atoms with E-state index in [0.717, 1.165) is 35.2 Å². The molecule has 2 nitrogen and oxygen atoms in total. The average Bonchev–Trinajstić information content (AvgIpc) is 2.33. The number of allylic oxidation sites excluding steroid dienone is 1. The van der Waals surface area contributed by atoms with Gasteiger partial charge in [-0.05, 0) is 44.7 Å². The minimum absolute atomic E-state index is 0.00568. The molecule has 3 heteroatoms. The molecule has 0 radical (unpaired) electrons. The van der Waals surface area contributed by atoms with Crippen molar-refractivity contribution in [1.29, 1.82) is 0 Å². The fourth-order valence-corrected chi connectivity index (χ4v) is 2.10. The molecule has 0 bridgehead atoms. The second kappa shape index (κ2) is 8.33. The topological polar surface area (TPSA) is 35.2 Å². The van der Waals surface area contributed by atoms with Crippen LogP contribution in [0.2, 0.25) is 0 Å². The normalized spacial score (nSPS) is 12.2. The van der Waals surface area contributed by atoms with E-state index in [0.29, 0.717) is 0 Å². The van der Waals surface area contributed by atoms with Crippen molar-refractivity contribution in [3.05, 3.63) is 40.9 Å². The summed E-state index contributed by atoms with van der Waals surface area (Å²) in [4.78, 5) is 0. The molecule has 0 saturated heterocycles. The highest BCUT2D eigenvalue weighted by molar-refractivity contribution is 9.10. The second-order valence-electron chi connectivity index (χ2n) is 4.46. The molecule has 1 rings (SSSR count). The number of unbranched alkanes of at least 4 members (excludes halogenated alkanes) is 3. The van der Waals surface area contributed by atoms with Crippen molar-refractivity contribution in [2.24, 2.45) is 5.73 Å². The van der Waals surface area contributed by atoms with Gasteiger partial charge in [0.2, 0.25) is 0 Å². The molecule has 0 amide bonds. The summed E-state index contributed by atoms with van der Waals surface area (Å²) in [5.41, 5.74) is 6.99. The first kappa shape index (κ1) is 15.3. The predicted octanol–water partition coefficient (Wildman–Crippen LogP) is 4.59. The van der Waals surface area contributed by atoms with E-state index in [1.807, 2.05) is 31.2 Å². The first-order chi connectivity index (χ1) is 8.65. The maximum atomic E-state index is 5.93. The Labute approximate surface area is 118 Å². The van der Waals surface area contributed by atoms with Gasteiger partial charge >= 0.3 is 0 Å². The molecule has 1 aromatic carbocycles. The minimum Gasteiger partial charge on any atom is -0.493 e. The first-order valence-electron chi connectivity index (χ1n) is 6.44. The third-order valence-electron chi connectivity index (χ3n) is 2.78. The highest BCUT2D eigenvalue weighted by Crippen LogP contribution is 2.27. The van der Waals surface area contributed by atoms with Crippen molar-refractivity contribution in [1.82, 2.24) is 0 Å². The molecule has 0 aromatic heterocycles. The molecule has 100 valence electrons. The van der Waals surface area contributed by atoms with Crippen LogP contribution < -0.4 is 10.5 Å². The monoisotopic (exact) mass is 311 g/mol. The summed E-state index contributed by atoms with van der Waals surface area (Å²) in [5, 5.41) is 0. The van der Waals surface area contributed by atoms with Crippen LogP contribution in [0, 0.1) is 0 Å². The standard InChI is InChI=1S/C15H22BrNO/c1-3-4-5-6-7-10-18-15-11-13(16)8-9-14(15)12(2)17/h3,8-9,11-12H,1,4-7,10,17H2,2H3. The third-order valence-corrected chi connectivity index (χ3v) is 3.27. The van der Waals surface area contributed by atoms with E-state index in [4.69, 9.17) is 10.5 Å². The molecule has 2 N–H and O–H groups in total. The highest BCUT2D eigenvalue weighted by Gasteiger charge is 2.08. The van der Waals surface area contributed by atoms with Gasteiger partial charge in [-0.1, -0.05) is 28.1 Å². The summed E-state index contributed by atoms with van der Waals surface area (Å²) in [6.45, 7) is 6.43.